The number of hydrogen-bond donors (Lipinski definition) is 2. The number of anilines is 2. The number of benzene rings is 2. The molecule has 2 aromatic carbocycles. The molecule has 6 nitrogen and oxygen atoms in total. The van der Waals surface area contributed by atoms with E-state index in [2.05, 4.69) is 33.8 Å². The van der Waals surface area contributed by atoms with Gasteiger partial charge in [-0.3, -0.25) is 4.79 Å². The Morgan fingerprint density at radius 3 is 2.61 bits per heavy atom. The third-order valence-corrected chi connectivity index (χ3v) is 4.38. The van der Waals surface area contributed by atoms with Gasteiger partial charge in [-0.1, -0.05) is 29.8 Å². The predicted octanol–water partition coefficient (Wildman–Crippen LogP) is 3.82. The van der Waals surface area contributed by atoms with Gasteiger partial charge < -0.3 is 15.4 Å². The van der Waals surface area contributed by atoms with Gasteiger partial charge in [-0.25, -0.2) is 0 Å². The van der Waals surface area contributed by atoms with Crippen molar-refractivity contribution in [3.63, 3.8) is 0 Å². The van der Waals surface area contributed by atoms with E-state index in [1.807, 2.05) is 43.3 Å². The van der Waals surface area contributed by atoms with Gasteiger partial charge in [0.2, 0.25) is 0 Å². The number of methoxy groups -OCH3 is 1. The van der Waals surface area contributed by atoms with Crippen LogP contribution in [0.2, 0.25) is 0 Å². The molecule has 0 spiro atoms. The second-order valence-corrected chi connectivity index (χ2v) is 6.60. The zero-order valence-corrected chi connectivity index (χ0v) is 16.3. The van der Waals surface area contributed by atoms with E-state index in [1.54, 1.807) is 19.2 Å². The zero-order chi connectivity index (χ0) is 19.9. The summed E-state index contributed by atoms with van der Waals surface area (Å²) < 4.78 is 5.21. The maximum Gasteiger partial charge on any atom is 0.271 e. The highest BCUT2D eigenvalue weighted by Crippen LogP contribution is 2.20. The van der Waals surface area contributed by atoms with Crippen LogP contribution in [-0.4, -0.2) is 29.8 Å². The van der Waals surface area contributed by atoms with Crippen LogP contribution in [0, 0.1) is 13.8 Å². The Labute approximate surface area is 165 Å². The number of carbonyl (C=O) groups excluding carboxylic acids is 1. The van der Waals surface area contributed by atoms with Gasteiger partial charge in [-0.05, 0) is 61.7 Å². The van der Waals surface area contributed by atoms with Crippen molar-refractivity contribution in [2.45, 2.75) is 20.3 Å². The van der Waals surface area contributed by atoms with Gasteiger partial charge in [-0.15, -0.1) is 10.2 Å². The lowest BCUT2D eigenvalue weighted by atomic mass is 10.1. The largest absolute Gasteiger partial charge is 0.497 e. The first-order chi connectivity index (χ1) is 13.5. The molecular formula is C22H24N4O2. The van der Waals surface area contributed by atoms with Crippen LogP contribution in [0.15, 0.2) is 54.6 Å². The average Bonchev–Trinajstić information content (AvgIpc) is 2.71. The Bertz CT molecular complexity index is 955. The first-order valence-corrected chi connectivity index (χ1v) is 9.14. The quantitative estimate of drug-likeness (QED) is 0.656. The van der Waals surface area contributed by atoms with Crippen LogP contribution in [0.25, 0.3) is 0 Å². The zero-order valence-electron chi connectivity index (χ0n) is 16.3. The first-order valence-electron chi connectivity index (χ1n) is 9.14. The first kappa shape index (κ1) is 19.4. The molecule has 3 rings (SSSR count). The summed E-state index contributed by atoms with van der Waals surface area (Å²) in [5.74, 6) is 1.16. The Hall–Kier alpha value is -3.41. The number of aromatic nitrogens is 2. The van der Waals surface area contributed by atoms with E-state index in [0.29, 0.717) is 18.8 Å². The molecule has 0 aliphatic heterocycles. The van der Waals surface area contributed by atoms with E-state index >= 15 is 0 Å². The number of ether oxygens (including phenoxy) is 1. The van der Waals surface area contributed by atoms with E-state index in [9.17, 15) is 4.79 Å². The number of nitrogens with zero attached hydrogens (tertiary/aromatic N) is 2. The van der Waals surface area contributed by atoms with E-state index in [0.717, 1.165) is 22.6 Å². The van der Waals surface area contributed by atoms with Crippen LogP contribution < -0.4 is 15.4 Å². The fourth-order valence-electron chi connectivity index (χ4n) is 2.85. The summed E-state index contributed by atoms with van der Waals surface area (Å²) in [6.45, 7) is 4.60. The third kappa shape index (κ3) is 5.07. The van der Waals surface area contributed by atoms with Gasteiger partial charge in [0.05, 0.1) is 7.11 Å². The van der Waals surface area contributed by atoms with Crippen LogP contribution >= 0.6 is 0 Å². The minimum Gasteiger partial charge on any atom is -0.497 e. The molecule has 0 unspecified atom stereocenters. The van der Waals surface area contributed by atoms with E-state index in [1.165, 1.54) is 5.56 Å². The average molecular weight is 376 g/mol. The maximum atomic E-state index is 12.3. The summed E-state index contributed by atoms with van der Waals surface area (Å²) in [5, 5.41) is 14.2. The summed E-state index contributed by atoms with van der Waals surface area (Å²) in [7, 11) is 1.64. The van der Waals surface area contributed by atoms with E-state index in [4.69, 9.17) is 4.74 Å². The van der Waals surface area contributed by atoms with Crippen LogP contribution in [0.1, 0.15) is 27.2 Å². The summed E-state index contributed by atoms with van der Waals surface area (Å²) >= 11 is 0. The van der Waals surface area contributed by atoms with Crippen LogP contribution in [0.5, 0.6) is 5.75 Å². The van der Waals surface area contributed by atoms with Crippen molar-refractivity contribution >= 4 is 17.4 Å². The summed E-state index contributed by atoms with van der Waals surface area (Å²) in [6, 6.07) is 17.3. The van der Waals surface area contributed by atoms with Gasteiger partial charge in [0.1, 0.15) is 5.75 Å². The number of rotatable bonds is 7. The number of hydrogen-bond acceptors (Lipinski definition) is 5. The smallest absolute Gasteiger partial charge is 0.271 e. The highest BCUT2D eigenvalue weighted by Gasteiger charge is 2.08. The summed E-state index contributed by atoms with van der Waals surface area (Å²) in [4.78, 5) is 12.3. The summed E-state index contributed by atoms with van der Waals surface area (Å²) in [6.07, 6.45) is 0.711. The van der Waals surface area contributed by atoms with Crippen molar-refractivity contribution in [3.8, 4) is 5.75 Å². The topological polar surface area (TPSA) is 76.1 Å². The Kier molecular flexibility index (Phi) is 6.22. The fourth-order valence-corrected chi connectivity index (χ4v) is 2.85. The normalized spacial score (nSPS) is 10.4. The van der Waals surface area contributed by atoms with Crippen molar-refractivity contribution < 1.29 is 9.53 Å². The standard InChI is InChI=1S/C22H24N4O2/c1-15-7-8-19(16(2)13-15)24-21-10-9-20(25-26-21)22(27)23-12-11-17-5-4-6-18(14-17)28-3/h4-10,13-14H,11-12H2,1-3H3,(H,23,27)(H,24,26). The lowest BCUT2D eigenvalue weighted by Crippen LogP contribution is -2.26. The number of carbonyl (C=O) groups is 1. The van der Waals surface area contributed by atoms with Crippen molar-refractivity contribution in [3.05, 3.63) is 77.0 Å². The number of nitrogens with one attached hydrogen (secondary N) is 2. The maximum absolute atomic E-state index is 12.3. The van der Waals surface area contributed by atoms with Crippen LogP contribution in [0.3, 0.4) is 0 Å². The summed E-state index contributed by atoms with van der Waals surface area (Å²) in [5.41, 5.74) is 4.68. The molecule has 0 atom stereocenters. The Morgan fingerprint density at radius 2 is 1.89 bits per heavy atom. The van der Waals surface area contributed by atoms with Gasteiger partial charge in [0.15, 0.2) is 11.5 Å². The molecule has 2 N–H and O–H groups in total. The van der Waals surface area contributed by atoms with Crippen molar-refractivity contribution in [2.75, 3.05) is 19.0 Å². The fraction of sp³-hybridized carbons (Fsp3) is 0.227. The molecule has 0 aliphatic rings. The molecule has 1 aromatic heterocycles. The third-order valence-electron chi connectivity index (χ3n) is 4.38. The predicted molar refractivity (Wildman–Crippen MR) is 110 cm³/mol. The van der Waals surface area contributed by atoms with Gasteiger partial charge in [0.25, 0.3) is 5.91 Å². The highest BCUT2D eigenvalue weighted by atomic mass is 16.5. The van der Waals surface area contributed by atoms with Crippen molar-refractivity contribution in [2.24, 2.45) is 0 Å². The SMILES string of the molecule is COc1cccc(CCNC(=O)c2ccc(Nc3ccc(C)cc3C)nn2)c1. The van der Waals surface area contributed by atoms with Crippen molar-refractivity contribution in [1.29, 1.82) is 0 Å². The molecule has 1 heterocycles. The van der Waals surface area contributed by atoms with E-state index in [-0.39, 0.29) is 11.6 Å². The molecule has 0 aliphatic carbocycles. The lowest BCUT2D eigenvalue weighted by Gasteiger charge is -2.09. The van der Waals surface area contributed by atoms with Gasteiger partial charge in [-0.2, -0.15) is 0 Å². The highest BCUT2D eigenvalue weighted by molar-refractivity contribution is 5.92. The van der Waals surface area contributed by atoms with Gasteiger partial charge in [0, 0.05) is 12.2 Å². The molecule has 0 fully saturated rings. The number of amides is 1. The van der Waals surface area contributed by atoms with Crippen LogP contribution in [0.4, 0.5) is 11.5 Å². The molecule has 1 amide bonds. The molecule has 6 heteroatoms. The van der Waals surface area contributed by atoms with E-state index < -0.39 is 0 Å². The van der Waals surface area contributed by atoms with Gasteiger partial charge >= 0.3 is 0 Å². The molecule has 144 valence electrons. The minimum atomic E-state index is -0.242. The van der Waals surface area contributed by atoms with Crippen LogP contribution in [-0.2, 0) is 6.42 Å². The second-order valence-electron chi connectivity index (χ2n) is 6.60. The molecule has 0 bridgehead atoms. The molecular weight excluding hydrogens is 352 g/mol. The monoisotopic (exact) mass is 376 g/mol. The minimum absolute atomic E-state index is 0.242. The Morgan fingerprint density at radius 1 is 1.04 bits per heavy atom. The number of aryl methyl sites for hydroxylation is 2. The van der Waals surface area contributed by atoms with Crippen molar-refractivity contribution in [1.82, 2.24) is 15.5 Å². The molecule has 28 heavy (non-hydrogen) atoms. The lowest BCUT2D eigenvalue weighted by molar-refractivity contribution is 0.0948. The second kappa shape index (κ2) is 8.99. The molecule has 3 aromatic rings. The Balaban J connectivity index is 1.54. The molecule has 0 radical (unpaired) electrons. The molecule has 0 saturated carbocycles. The molecule has 0 saturated heterocycles.